The predicted octanol–water partition coefficient (Wildman–Crippen LogP) is 2.18. The molecule has 0 aliphatic heterocycles. The minimum atomic E-state index is -5.86. The van der Waals surface area contributed by atoms with Gasteiger partial charge in [0.15, 0.2) is 0 Å². The first kappa shape index (κ1) is 13.3. The van der Waals surface area contributed by atoms with E-state index < -0.39 is 30.6 Å². The average Bonchev–Trinajstić information content (AvgIpc) is 1.97. The molecule has 0 aromatic heterocycles. The summed E-state index contributed by atoms with van der Waals surface area (Å²) in [5, 5.41) is 0. The van der Waals surface area contributed by atoms with Gasteiger partial charge >= 0.3 is 12.1 Å². The van der Waals surface area contributed by atoms with Gasteiger partial charge < -0.3 is 4.74 Å². The standard InChI is InChI=1S/C7H9F5O2/c1-4(2)14-3-5(13)6(8,9)7(10,11)12/h4H,3H2,1-2H3. The maximum absolute atomic E-state index is 12.2. The van der Waals surface area contributed by atoms with E-state index in [-0.39, 0.29) is 0 Å². The highest BCUT2D eigenvalue weighted by molar-refractivity contribution is 5.87. The van der Waals surface area contributed by atoms with Crippen LogP contribution in [-0.4, -0.2) is 30.6 Å². The summed E-state index contributed by atoms with van der Waals surface area (Å²) >= 11 is 0. The molecule has 0 atom stereocenters. The molecule has 0 N–H and O–H groups in total. The van der Waals surface area contributed by atoms with Crippen molar-refractivity contribution >= 4 is 5.78 Å². The molecule has 0 aromatic carbocycles. The van der Waals surface area contributed by atoms with Gasteiger partial charge in [0, 0.05) is 0 Å². The predicted molar refractivity (Wildman–Crippen MR) is 37.1 cm³/mol. The Morgan fingerprint density at radius 1 is 1.21 bits per heavy atom. The van der Waals surface area contributed by atoms with Crippen LogP contribution in [0.2, 0.25) is 0 Å². The monoisotopic (exact) mass is 220 g/mol. The van der Waals surface area contributed by atoms with Crippen LogP contribution in [0.25, 0.3) is 0 Å². The Balaban J connectivity index is 4.38. The smallest absolute Gasteiger partial charge is 0.371 e. The van der Waals surface area contributed by atoms with Crippen molar-refractivity contribution in [1.29, 1.82) is 0 Å². The summed E-state index contributed by atoms with van der Waals surface area (Å²) in [6, 6.07) is 0. The Kier molecular flexibility index (Phi) is 3.99. The molecule has 0 rings (SSSR count). The van der Waals surface area contributed by atoms with Crippen molar-refractivity contribution in [2.45, 2.75) is 32.1 Å². The lowest BCUT2D eigenvalue weighted by Crippen LogP contribution is -2.46. The van der Waals surface area contributed by atoms with Crippen LogP contribution in [0.1, 0.15) is 13.8 Å². The van der Waals surface area contributed by atoms with E-state index in [0.717, 1.165) is 0 Å². The third-order valence-corrected chi connectivity index (χ3v) is 1.25. The highest BCUT2D eigenvalue weighted by Gasteiger charge is 2.62. The number of carbonyl (C=O) groups excluding carboxylic acids is 1. The number of Topliss-reactive ketones (excluding diaryl/α,β-unsaturated/α-hetero) is 1. The quantitative estimate of drug-likeness (QED) is 0.679. The second-order valence-electron chi connectivity index (χ2n) is 2.86. The minimum absolute atomic E-state index is 0.581. The number of ketones is 1. The first-order valence-electron chi connectivity index (χ1n) is 3.68. The number of hydrogen-bond acceptors (Lipinski definition) is 2. The second-order valence-corrected chi connectivity index (χ2v) is 2.86. The van der Waals surface area contributed by atoms with Crippen molar-refractivity contribution < 1.29 is 31.5 Å². The summed E-state index contributed by atoms with van der Waals surface area (Å²) in [4.78, 5) is 10.4. The van der Waals surface area contributed by atoms with Crippen LogP contribution in [0.5, 0.6) is 0 Å². The van der Waals surface area contributed by atoms with Gasteiger partial charge in [-0.2, -0.15) is 22.0 Å². The van der Waals surface area contributed by atoms with Crippen LogP contribution in [0.15, 0.2) is 0 Å². The van der Waals surface area contributed by atoms with E-state index in [9.17, 15) is 26.7 Å². The van der Waals surface area contributed by atoms with Crippen LogP contribution in [0, 0.1) is 0 Å². The topological polar surface area (TPSA) is 26.3 Å². The van der Waals surface area contributed by atoms with Gasteiger partial charge in [0.25, 0.3) is 0 Å². The maximum atomic E-state index is 12.2. The van der Waals surface area contributed by atoms with Crippen LogP contribution < -0.4 is 0 Å². The van der Waals surface area contributed by atoms with Gasteiger partial charge in [-0.3, -0.25) is 4.79 Å². The zero-order chi connectivity index (χ0) is 11.6. The molecule has 0 saturated carbocycles. The highest BCUT2D eigenvalue weighted by Crippen LogP contribution is 2.36. The van der Waals surface area contributed by atoms with Crippen molar-refractivity contribution in [3.05, 3.63) is 0 Å². The molecule has 14 heavy (non-hydrogen) atoms. The normalized spacial score (nSPS) is 13.4. The number of ether oxygens (including phenoxy) is 1. The van der Waals surface area contributed by atoms with E-state index in [1.807, 2.05) is 0 Å². The van der Waals surface area contributed by atoms with Crippen LogP contribution in [0.4, 0.5) is 22.0 Å². The summed E-state index contributed by atoms with van der Waals surface area (Å²) < 4.78 is 63.5. The molecule has 0 unspecified atom stereocenters. The number of alkyl halides is 5. The maximum Gasteiger partial charge on any atom is 0.461 e. The average molecular weight is 220 g/mol. The zero-order valence-electron chi connectivity index (χ0n) is 7.49. The largest absolute Gasteiger partial charge is 0.461 e. The molecule has 2 nitrogen and oxygen atoms in total. The summed E-state index contributed by atoms with van der Waals surface area (Å²) in [5.41, 5.74) is 0. The van der Waals surface area contributed by atoms with Gasteiger partial charge in [-0.15, -0.1) is 0 Å². The molecule has 0 bridgehead atoms. The first-order valence-corrected chi connectivity index (χ1v) is 3.68. The van der Waals surface area contributed by atoms with Crippen molar-refractivity contribution in [2.75, 3.05) is 6.61 Å². The van der Waals surface area contributed by atoms with Crippen molar-refractivity contribution in [3.8, 4) is 0 Å². The Morgan fingerprint density at radius 3 is 1.93 bits per heavy atom. The number of carbonyl (C=O) groups is 1. The lowest BCUT2D eigenvalue weighted by Gasteiger charge is -2.18. The van der Waals surface area contributed by atoms with E-state index >= 15 is 0 Å². The Bertz CT molecular complexity index is 209. The molecule has 0 radical (unpaired) electrons. The van der Waals surface area contributed by atoms with Crippen LogP contribution >= 0.6 is 0 Å². The van der Waals surface area contributed by atoms with Gasteiger partial charge in [0.2, 0.25) is 5.78 Å². The fourth-order valence-electron chi connectivity index (χ4n) is 0.491. The lowest BCUT2D eigenvalue weighted by atomic mass is 10.2. The van der Waals surface area contributed by atoms with E-state index in [4.69, 9.17) is 0 Å². The molecule has 0 aliphatic rings. The molecule has 0 aromatic rings. The molecule has 0 amide bonds. The second kappa shape index (κ2) is 4.20. The molecular formula is C7H9F5O2. The first-order chi connectivity index (χ1) is 6.09. The summed E-state index contributed by atoms with van der Waals surface area (Å²) in [6.45, 7) is 1.59. The SMILES string of the molecule is CC(C)OCC(=O)C(F)(F)C(F)(F)F. The molecule has 0 heterocycles. The van der Waals surface area contributed by atoms with Crippen molar-refractivity contribution in [1.82, 2.24) is 0 Å². The molecule has 0 aliphatic carbocycles. The highest BCUT2D eigenvalue weighted by atomic mass is 19.4. The van der Waals surface area contributed by atoms with Gasteiger partial charge in [-0.1, -0.05) is 0 Å². The van der Waals surface area contributed by atoms with E-state index in [2.05, 4.69) is 4.74 Å². The van der Waals surface area contributed by atoms with Gasteiger partial charge in [0.05, 0.1) is 6.10 Å². The third-order valence-electron chi connectivity index (χ3n) is 1.25. The zero-order valence-corrected chi connectivity index (χ0v) is 7.49. The Morgan fingerprint density at radius 2 is 1.64 bits per heavy atom. The number of halogens is 5. The molecule has 84 valence electrons. The molecule has 0 saturated heterocycles. The third kappa shape index (κ3) is 3.21. The Hall–Kier alpha value is -0.720. The lowest BCUT2D eigenvalue weighted by molar-refractivity contribution is -0.270. The summed E-state index contributed by atoms with van der Waals surface area (Å²) in [7, 11) is 0. The van der Waals surface area contributed by atoms with Gasteiger partial charge in [-0.05, 0) is 13.8 Å². The van der Waals surface area contributed by atoms with Gasteiger partial charge in [0.1, 0.15) is 6.61 Å². The van der Waals surface area contributed by atoms with Crippen LogP contribution in [0.3, 0.4) is 0 Å². The minimum Gasteiger partial charge on any atom is -0.371 e. The number of hydrogen-bond donors (Lipinski definition) is 0. The molecule has 0 fully saturated rings. The fraction of sp³-hybridized carbons (Fsp3) is 0.857. The fourth-order valence-corrected chi connectivity index (χ4v) is 0.491. The van der Waals surface area contributed by atoms with E-state index in [1.165, 1.54) is 13.8 Å². The summed E-state index contributed by atoms with van der Waals surface area (Å²) in [6.07, 6.45) is -6.44. The molecule has 7 heteroatoms. The molecule has 0 spiro atoms. The van der Waals surface area contributed by atoms with E-state index in [0.29, 0.717) is 0 Å². The summed E-state index contributed by atoms with van der Waals surface area (Å²) in [5.74, 6) is -7.61. The van der Waals surface area contributed by atoms with Crippen molar-refractivity contribution in [2.24, 2.45) is 0 Å². The Labute approximate surface area is 77.0 Å². The molecular weight excluding hydrogens is 211 g/mol. The van der Waals surface area contributed by atoms with E-state index in [1.54, 1.807) is 0 Å². The van der Waals surface area contributed by atoms with Crippen molar-refractivity contribution in [3.63, 3.8) is 0 Å². The van der Waals surface area contributed by atoms with Gasteiger partial charge in [-0.25, -0.2) is 0 Å². The number of rotatable bonds is 4. The van der Waals surface area contributed by atoms with Crippen LogP contribution in [-0.2, 0) is 9.53 Å².